The Kier molecular flexibility index (Phi) is 4.43. The first-order chi connectivity index (χ1) is 8.67. The van der Waals surface area contributed by atoms with E-state index in [1.165, 1.54) is 16.0 Å². The Morgan fingerprint density at radius 2 is 2.11 bits per heavy atom. The van der Waals surface area contributed by atoms with Crippen LogP contribution in [0.4, 0.5) is 0 Å². The van der Waals surface area contributed by atoms with Gasteiger partial charge >= 0.3 is 0 Å². The Hall–Kier alpha value is -0.840. The van der Waals surface area contributed by atoms with E-state index in [0.29, 0.717) is 0 Å². The van der Waals surface area contributed by atoms with E-state index < -0.39 is 0 Å². The minimum atomic E-state index is 0.147. The molecule has 0 amide bonds. The van der Waals surface area contributed by atoms with Crippen molar-refractivity contribution < 1.29 is 4.74 Å². The number of nitrogens with one attached hydrogen (secondary N) is 1. The van der Waals surface area contributed by atoms with Crippen molar-refractivity contribution in [1.29, 1.82) is 0 Å². The van der Waals surface area contributed by atoms with Gasteiger partial charge in [-0.1, -0.05) is 17.7 Å². The SMILES string of the molecule is CNC(c1cc(C)ccc1OC)c1sccc1Br. The normalized spacial score (nSPS) is 12.4. The molecule has 1 unspecified atom stereocenters. The third-order valence-corrected chi connectivity index (χ3v) is 4.83. The Morgan fingerprint density at radius 1 is 1.33 bits per heavy atom. The van der Waals surface area contributed by atoms with Crippen molar-refractivity contribution in [1.82, 2.24) is 5.32 Å². The Morgan fingerprint density at radius 3 is 2.67 bits per heavy atom. The van der Waals surface area contributed by atoms with E-state index in [4.69, 9.17) is 4.74 Å². The van der Waals surface area contributed by atoms with Gasteiger partial charge in [-0.15, -0.1) is 11.3 Å². The monoisotopic (exact) mass is 325 g/mol. The average molecular weight is 326 g/mol. The van der Waals surface area contributed by atoms with Crippen LogP contribution in [-0.2, 0) is 0 Å². The van der Waals surface area contributed by atoms with Crippen LogP contribution in [0, 0.1) is 6.92 Å². The molecule has 0 radical (unpaired) electrons. The van der Waals surface area contributed by atoms with Crippen molar-refractivity contribution in [2.75, 3.05) is 14.2 Å². The van der Waals surface area contributed by atoms with Crippen LogP contribution in [0.15, 0.2) is 34.1 Å². The molecule has 0 spiro atoms. The van der Waals surface area contributed by atoms with E-state index in [-0.39, 0.29) is 6.04 Å². The molecule has 2 rings (SSSR count). The Bertz CT molecular complexity index is 538. The zero-order chi connectivity index (χ0) is 13.1. The number of hydrogen-bond donors (Lipinski definition) is 1. The Balaban J connectivity index is 2.51. The molecule has 2 aromatic rings. The van der Waals surface area contributed by atoms with Crippen molar-refractivity contribution in [3.63, 3.8) is 0 Å². The van der Waals surface area contributed by atoms with Gasteiger partial charge in [-0.05, 0) is 47.4 Å². The van der Waals surface area contributed by atoms with Gasteiger partial charge in [0.1, 0.15) is 5.75 Å². The van der Waals surface area contributed by atoms with Crippen LogP contribution >= 0.6 is 27.3 Å². The number of halogens is 1. The van der Waals surface area contributed by atoms with Crippen LogP contribution in [0.5, 0.6) is 5.75 Å². The zero-order valence-electron chi connectivity index (χ0n) is 10.7. The van der Waals surface area contributed by atoms with Crippen LogP contribution in [0.2, 0.25) is 0 Å². The number of thiophene rings is 1. The molecule has 0 aliphatic heterocycles. The molecule has 4 heteroatoms. The second kappa shape index (κ2) is 5.87. The number of hydrogen-bond acceptors (Lipinski definition) is 3. The molecule has 0 saturated heterocycles. The highest BCUT2D eigenvalue weighted by atomic mass is 79.9. The lowest BCUT2D eigenvalue weighted by Gasteiger charge is -2.19. The Labute approximate surface area is 120 Å². The molecule has 0 fully saturated rings. The highest BCUT2D eigenvalue weighted by Crippen LogP contribution is 2.37. The van der Waals surface area contributed by atoms with Crippen molar-refractivity contribution >= 4 is 27.3 Å². The van der Waals surface area contributed by atoms with Gasteiger partial charge in [-0.3, -0.25) is 0 Å². The second-order valence-corrected chi connectivity index (χ2v) is 5.90. The fraction of sp³-hybridized carbons (Fsp3) is 0.286. The number of rotatable bonds is 4. The fourth-order valence-corrected chi connectivity index (χ4v) is 3.75. The minimum absolute atomic E-state index is 0.147. The second-order valence-electron chi connectivity index (χ2n) is 4.10. The first-order valence-electron chi connectivity index (χ1n) is 5.72. The lowest BCUT2D eigenvalue weighted by atomic mass is 10.0. The number of aryl methyl sites for hydroxylation is 1. The maximum absolute atomic E-state index is 5.47. The van der Waals surface area contributed by atoms with Gasteiger partial charge in [0, 0.05) is 14.9 Å². The largest absolute Gasteiger partial charge is 0.496 e. The van der Waals surface area contributed by atoms with Crippen LogP contribution in [0.25, 0.3) is 0 Å². The minimum Gasteiger partial charge on any atom is -0.496 e. The molecule has 1 atom stereocenters. The summed E-state index contributed by atoms with van der Waals surface area (Å²) in [6.45, 7) is 2.10. The summed E-state index contributed by atoms with van der Waals surface area (Å²) < 4.78 is 6.61. The molecule has 96 valence electrons. The first-order valence-corrected chi connectivity index (χ1v) is 7.39. The van der Waals surface area contributed by atoms with Crippen LogP contribution in [0.3, 0.4) is 0 Å². The summed E-state index contributed by atoms with van der Waals surface area (Å²) in [7, 11) is 3.68. The summed E-state index contributed by atoms with van der Waals surface area (Å²) in [4.78, 5) is 1.27. The smallest absolute Gasteiger partial charge is 0.124 e. The summed E-state index contributed by atoms with van der Waals surface area (Å²) in [5, 5.41) is 5.45. The highest BCUT2D eigenvalue weighted by molar-refractivity contribution is 9.10. The quantitative estimate of drug-likeness (QED) is 0.912. The van der Waals surface area contributed by atoms with Gasteiger partial charge in [-0.2, -0.15) is 0 Å². The first kappa shape index (κ1) is 13.6. The predicted octanol–water partition coefficient (Wildman–Crippen LogP) is 4.14. The van der Waals surface area contributed by atoms with Crippen molar-refractivity contribution in [3.05, 3.63) is 50.1 Å². The summed E-state index contributed by atoms with van der Waals surface area (Å²) in [5.74, 6) is 0.917. The molecule has 18 heavy (non-hydrogen) atoms. The topological polar surface area (TPSA) is 21.3 Å². The van der Waals surface area contributed by atoms with E-state index in [9.17, 15) is 0 Å². The van der Waals surface area contributed by atoms with Gasteiger partial charge in [0.15, 0.2) is 0 Å². The fourth-order valence-electron chi connectivity index (χ4n) is 2.02. The van der Waals surface area contributed by atoms with Gasteiger partial charge in [0.2, 0.25) is 0 Å². The van der Waals surface area contributed by atoms with Crippen molar-refractivity contribution in [2.45, 2.75) is 13.0 Å². The molecular weight excluding hydrogens is 310 g/mol. The van der Waals surface area contributed by atoms with Crippen molar-refractivity contribution in [2.24, 2.45) is 0 Å². The van der Waals surface area contributed by atoms with Gasteiger partial charge in [0.05, 0.1) is 13.2 Å². The molecule has 0 aliphatic carbocycles. The van der Waals surface area contributed by atoms with Crippen molar-refractivity contribution in [3.8, 4) is 5.75 Å². The summed E-state index contributed by atoms with van der Waals surface area (Å²) >= 11 is 5.34. The predicted molar refractivity (Wildman–Crippen MR) is 80.7 cm³/mol. The van der Waals surface area contributed by atoms with Gasteiger partial charge in [0.25, 0.3) is 0 Å². The number of methoxy groups -OCH3 is 1. The molecule has 1 aromatic heterocycles. The summed E-state index contributed by atoms with van der Waals surface area (Å²) in [5.41, 5.74) is 2.40. The van der Waals surface area contributed by atoms with E-state index in [0.717, 1.165) is 10.2 Å². The lowest BCUT2D eigenvalue weighted by Crippen LogP contribution is -2.17. The molecular formula is C14H16BrNOS. The number of benzene rings is 1. The zero-order valence-corrected chi connectivity index (χ0v) is 13.1. The van der Waals surface area contributed by atoms with Crippen LogP contribution in [0.1, 0.15) is 22.0 Å². The molecule has 1 N–H and O–H groups in total. The molecule has 0 aliphatic rings. The average Bonchev–Trinajstić information content (AvgIpc) is 2.77. The maximum atomic E-state index is 5.47. The molecule has 0 bridgehead atoms. The van der Waals surface area contributed by atoms with Gasteiger partial charge in [-0.25, -0.2) is 0 Å². The lowest BCUT2D eigenvalue weighted by molar-refractivity contribution is 0.405. The van der Waals surface area contributed by atoms with E-state index in [2.05, 4.69) is 51.7 Å². The number of ether oxygens (including phenoxy) is 1. The molecule has 2 nitrogen and oxygen atoms in total. The third kappa shape index (κ3) is 2.60. The summed E-state index contributed by atoms with van der Waals surface area (Å²) in [6.07, 6.45) is 0. The standard InChI is InChI=1S/C14H16BrNOS/c1-9-4-5-12(17-3)10(8-9)13(16-2)14-11(15)6-7-18-14/h4-8,13,16H,1-3H3. The molecule has 0 saturated carbocycles. The van der Waals surface area contributed by atoms with E-state index >= 15 is 0 Å². The highest BCUT2D eigenvalue weighted by Gasteiger charge is 2.20. The van der Waals surface area contributed by atoms with Crippen LogP contribution < -0.4 is 10.1 Å². The van der Waals surface area contributed by atoms with E-state index in [1.807, 2.05) is 13.1 Å². The third-order valence-electron chi connectivity index (χ3n) is 2.89. The molecule has 1 aromatic carbocycles. The maximum Gasteiger partial charge on any atom is 0.124 e. The summed E-state index contributed by atoms with van der Waals surface area (Å²) in [6, 6.07) is 8.49. The van der Waals surface area contributed by atoms with Gasteiger partial charge < -0.3 is 10.1 Å². The van der Waals surface area contributed by atoms with E-state index in [1.54, 1.807) is 18.4 Å². The van der Waals surface area contributed by atoms with Crippen LogP contribution in [-0.4, -0.2) is 14.2 Å². The molecule has 1 heterocycles.